The van der Waals surface area contributed by atoms with Crippen LogP contribution in [0.3, 0.4) is 0 Å². The highest BCUT2D eigenvalue weighted by Gasteiger charge is 2.14. The summed E-state index contributed by atoms with van der Waals surface area (Å²) in [5, 5.41) is 3.42. The van der Waals surface area contributed by atoms with E-state index in [0.717, 1.165) is 37.0 Å². The topological polar surface area (TPSA) is 33.1 Å². The second kappa shape index (κ2) is 7.27. The molecule has 1 N–H and O–H groups in total. The molecule has 0 aliphatic carbocycles. The predicted octanol–water partition coefficient (Wildman–Crippen LogP) is 3.84. The van der Waals surface area contributed by atoms with Crippen molar-refractivity contribution in [1.29, 1.82) is 0 Å². The van der Waals surface area contributed by atoms with Gasteiger partial charge in [-0.3, -0.25) is 0 Å². The van der Waals surface area contributed by atoms with E-state index in [1.54, 1.807) is 0 Å². The van der Waals surface area contributed by atoms with Gasteiger partial charge in [0.1, 0.15) is 0 Å². The first-order valence-corrected chi connectivity index (χ1v) is 7.74. The van der Waals surface area contributed by atoms with Gasteiger partial charge in [-0.05, 0) is 39.1 Å². The summed E-state index contributed by atoms with van der Waals surface area (Å²) in [5.41, 5.74) is 2.11. The van der Waals surface area contributed by atoms with Crippen molar-refractivity contribution in [1.82, 2.24) is 14.5 Å². The molecule has 0 saturated carbocycles. The van der Waals surface area contributed by atoms with E-state index in [2.05, 4.69) is 58.9 Å². The third-order valence-electron chi connectivity index (χ3n) is 3.77. The number of aryl methyl sites for hydroxylation is 1. The van der Waals surface area contributed by atoms with Crippen LogP contribution in [0.1, 0.15) is 32.5 Å². The summed E-state index contributed by atoms with van der Waals surface area (Å²) in [6, 6.07) is 10.6. The van der Waals surface area contributed by atoms with Crippen LogP contribution in [0, 0.1) is 6.92 Å². The third kappa shape index (κ3) is 4.08. The zero-order chi connectivity index (χ0) is 15.2. The van der Waals surface area contributed by atoms with Crippen LogP contribution in [0.25, 0.3) is 0 Å². The average molecular weight is 286 g/mol. The largest absolute Gasteiger partial charge is 0.326 e. The highest BCUT2D eigenvalue weighted by molar-refractivity contribution is 5.53. The molecule has 0 radical (unpaired) electrons. The molecule has 1 unspecified atom stereocenters. The maximum atomic E-state index is 4.62. The number of para-hydroxylation sites is 1. The van der Waals surface area contributed by atoms with Crippen molar-refractivity contribution in [3.05, 3.63) is 42.2 Å². The lowest BCUT2D eigenvalue weighted by Gasteiger charge is -2.24. The molecule has 2 rings (SSSR count). The minimum absolute atomic E-state index is 0.386. The average Bonchev–Trinajstić information content (AvgIpc) is 2.86. The number of anilines is 2. The van der Waals surface area contributed by atoms with Crippen LogP contribution in [0.2, 0.25) is 0 Å². The van der Waals surface area contributed by atoms with Crippen molar-refractivity contribution in [2.45, 2.75) is 33.7 Å². The Morgan fingerprint density at radius 2 is 1.86 bits per heavy atom. The van der Waals surface area contributed by atoms with Crippen LogP contribution in [-0.4, -0.2) is 34.1 Å². The molecule has 21 heavy (non-hydrogen) atoms. The first kappa shape index (κ1) is 15.6. The molecule has 114 valence electrons. The molecule has 0 spiro atoms. The number of likely N-dealkylation sites (N-methyl/N-ethyl adjacent to an activating group) is 1. The van der Waals surface area contributed by atoms with E-state index in [0.29, 0.717) is 6.04 Å². The van der Waals surface area contributed by atoms with Gasteiger partial charge < -0.3 is 14.8 Å². The molecule has 0 aliphatic rings. The van der Waals surface area contributed by atoms with Crippen molar-refractivity contribution in [2.24, 2.45) is 0 Å². The summed E-state index contributed by atoms with van der Waals surface area (Å²) in [4.78, 5) is 7.06. The number of benzene rings is 1. The number of aromatic nitrogens is 2. The smallest absolute Gasteiger partial charge is 0.207 e. The van der Waals surface area contributed by atoms with Gasteiger partial charge in [-0.15, -0.1) is 0 Å². The zero-order valence-electron chi connectivity index (χ0n) is 13.5. The summed E-state index contributed by atoms with van der Waals surface area (Å²) in [7, 11) is 0. The quantitative estimate of drug-likeness (QED) is 0.839. The highest BCUT2D eigenvalue weighted by Crippen LogP contribution is 2.21. The van der Waals surface area contributed by atoms with Crippen LogP contribution < -0.4 is 5.32 Å². The summed E-state index contributed by atoms with van der Waals surface area (Å²) in [6.45, 7) is 11.9. The molecule has 1 aromatic carbocycles. The number of imidazole rings is 1. The Hall–Kier alpha value is -1.81. The van der Waals surface area contributed by atoms with Crippen LogP contribution in [0.15, 0.2) is 36.5 Å². The monoisotopic (exact) mass is 286 g/mol. The normalized spacial score (nSPS) is 12.6. The van der Waals surface area contributed by atoms with Crippen molar-refractivity contribution in [2.75, 3.05) is 25.0 Å². The molecule has 1 heterocycles. The molecule has 0 bridgehead atoms. The molecule has 0 fully saturated rings. The number of nitrogens with zero attached hydrogens (tertiary/aromatic N) is 3. The number of hydrogen-bond donors (Lipinski definition) is 1. The SMILES string of the molecule is CCN(CC)CC(C)n1cc(C)nc1Nc1ccccc1. The Morgan fingerprint density at radius 1 is 1.19 bits per heavy atom. The molecule has 1 aromatic heterocycles. The number of nitrogens with one attached hydrogen (secondary N) is 1. The molecule has 2 aromatic rings. The predicted molar refractivity (Wildman–Crippen MR) is 89.2 cm³/mol. The van der Waals surface area contributed by atoms with E-state index in [4.69, 9.17) is 0 Å². The molecular formula is C17H26N4. The standard InChI is InChI=1S/C17H26N4/c1-5-20(6-2)13-15(4)21-12-14(3)18-17(21)19-16-10-8-7-9-11-16/h7-12,15H,5-6,13H2,1-4H3,(H,18,19). The van der Waals surface area contributed by atoms with E-state index in [1.807, 2.05) is 25.1 Å². The minimum Gasteiger partial charge on any atom is -0.326 e. The highest BCUT2D eigenvalue weighted by atomic mass is 15.2. The summed E-state index contributed by atoms with van der Waals surface area (Å²) >= 11 is 0. The lowest BCUT2D eigenvalue weighted by molar-refractivity contribution is 0.262. The number of hydrogen-bond acceptors (Lipinski definition) is 3. The second-order valence-corrected chi connectivity index (χ2v) is 5.44. The van der Waals surface area contributed by atoms with Crippen molar-refractivity contribution < 1.29 is 0 Å². The van der Waals surface area contributed by atoms with Crippen LogP contribution >= 0.6 is 0 Å². The van der Waals surface area contributed by atoms with E-state index in [9.17, 15) is 0 Å². The minimum atomic E-state index is 0.386. The van der Waals surface area contributed by atoms with Gasteiger partial charge in [0.15, 0.2) is 0 Å². The number of rotatable bonds is 7. The van der Waals surface area contributed by atoms with E-state index in [-0.39, 0.29) is 0 Å². The van der Waals surface area contributed by atoms with Crippen molar-refractivity contribution >= 4 is 11.6 Å². The molecular weight excluding hydrogens is 260 g/mol. The van der Waals surface area contributed by atoms with E-state index >= 15 is 0 Å². The Morgan fingerprint density at radius 3 is 2.48 bits per heavy atom. The molecule has 4 heteroatoms. The van der Waals surface area contributed by atoms with Gasteiger partial charge in [-0.1, -0.05) is 32.0 Å². The maximum Gasteiger partial charge on any atom is 0.207 e. The Kier molecular flexibility index (Phi) is 5.39. The fourth-order valence-corrected chi connectivity index (χ4v) is 2.54. The van der Waals surface area contributed by atoms with Crippen LogP contribution in [-0.2, 0) is 0 Å². The van der Waals surface area contributed by atoms with Gasteiger partial charge in [-0.2, -0.15) is 0 Å². The van der Waals surface area contributed by atoms with E-state index < -0.39 is 0 Å². The fraction of sp³-hybridized carbons (Fsp3) is 0.471. The fourth-order valence-electron chi connectivity index (χ4n) is 2.54. The second-order valence-electron chi connectivity index (χ2n) is 5.44. The first-order valence-electron chi connectivity index (χ1n) is 7.74. The van der Waals surface area contributed by atoms with Crippen molar-refractivity contribution in [3.8, 4) is 0 Å². The van der Waals surface area contributed by atoms with Gasteiger partial charge >= 0.3 is 0 Å². The van der Waals surface area contributed by atoms with E-state index in [1.165, 1.54) is 0 Å². The first-order chi connectivity index (χ1) is 10.1. The van der Waals surface area contributed by atoms with Crippen LogP contribution in [0.4, 0.5) is 11.6 Å². The van der Waals surface area contributed by atoms with Gasteiger partial charge in [0.25, 0.3) is 0 Å². The molecule has 1 atom stereocenters. The Balaban J connectivity index is 2.16. The summed E-state index contributed by atoms with van der Waals surface area (Å²) < 4.78 is 2.24. The van der Waals surface area contributed by atoms with Crippen molar-refractivity contribution in [3.63, 3.8) is 0 Å². The molecule has 0 amide bonds. The molecule has 0 saturated heterocycles. The molecule has 0 aliphatic heterocycles. The summed E-state index contributed by atoms with van der Waals surface area (Å²) in [5.74, 6) is 0.915. The van der Waals surface area contributed by atoms with Crippen LogP contribution in [0.5, 0.6) is 0 Å². The Labute approximate surface area is 127 Å². The zero-order valence-corrected chi connectivity index (χ0v) is 13.5. The lowest BCUT2D eigenvalue weighted by atomic mass is 10.3. The van der Waals surface area contributed by atoms with Gasteiger partial charge in [0, 0.05) is 24.5 Å². The third-order valence-corrected chi connectivity index (χ3v) is 3.77. The van der Waals surface area contributed by atoms with Gasteiger partial charge in [0.05, 0.1) is 5.69 Å². The summed E-state index contributed by atoms with van der Waals surface area (Å²) in [6.07, 6.45) is 2.12. The maximum absolute atomic E-state index is 4.62. The molecule has 4 nitrogen and oxygen atoms in total. The Bertz CT molecular complexity index is 543. The lowest BCUT2D eigenvalue weighted by Crippen LogP contribution is -2.29. The van der Waals surface area contributed by atoms with Gasteiger partial charge in [0.2, 0.25) is 5.95 Å². The van der Waals surface area contributed by atoms with Gasteiger partial charge in [-0.25, -0.2) is 4.98 Å².